The summed E-state index contributed by atoms with van der Waals surface area (Å²) in [6.07, 6.45) is 0. The topological polar surface area (TPSA) is 11.4 Å². The molecule has 0 saturated heterocycles. The van der Waals surface area contributed by atoms with E-state index in [0.717, 1.165) is 39.8 Å². The van der Waals surface area contributed by atoms with Gasteiger partial charge in [0.2, 0.25) is 0 Å². The lowest BCUT2D eigenvalue weighted by atomic mass is 10.0. The second-order valence-electron chi connectivity index (χ2n) is 14.3. The highest BCUT2D eigenvalue weighted by molar-refractivity contribution is 6.14. The van der Waals surface area contributed by atoms with E-state index in [2.05, 4.69) is 218 Å². The van der Waals surface area contributed by atoms with Gasteiger partial charge in [0.15, 0.2) is 0 Å². The van der Waals surface area contributed by atoms with Gasteiger partial charge in [-0.05, 0) is 158 Å². The summed E-state index contributed by atoms with van der Waals surface area (Å²) in [5.41, 5.74) is 15.2. The van der Waals surface area contributed by atoms with Gasteiger partial charge in [-0.3, -0.25) is 0 Å². The van der Waals surface area contributed by atoms with Crippen molar-refractivity contribution in [2.24, 2.45) is 0 Å². The lowest BCUT2D eigenvalue weighted by Gasteiger charge is -2.26. The molecule has 0 amide bonds. The van der Waals surface area contributed by atoms with Crippen molar-refractivity contribution < 1.29 is 0 Å². The fourth-order valence-corrected chi connectivity index (χ4v) is 7.83. The molecule has 0 bridgehead atoms. The molecule has 9 rings (SSSR count). The molecule has 1 heterocycles. The Hall–Kier alpha value is -6.58. The van der Waals surface area contributed by atoms with Gasteiger partial charge in [0.1, 0.15) is 0 Å². The van der Waals surface area contributed by atoms with E-state index in [1.165, 1.54) is 54.8 Å². The predicted molar refractivity (Wildman–Crippen MR) is 227 cm³/mol. The minimum absolute atomic E-state index is 1.12. The van der Waals surface area contributed by atoms with E-state index in [0.29, 0.717) is 0 Å². The molecule has 0 saturated carbocycles. The lowest BCUT2D eigenvalue weighted by molar-refractivity contribution is 1.18. The van der Waals surface area contributed by atoms with Gasteiger partial charge in [0.25, 0.3) is 0 Å². The van der Waals surface area contributed by atoms with Gasteiger partial charge in [-0.25, -0.2) is 0 Å². The van der Waals surface area contributed by atoms with Crippen molar-refractivity contribution in [3.8, 4) is 5.69 Å². The van der Waals surface area contributed by atoms with Crippen LogP contribution in [0.3, 0.4) is 0 Å². The third-order valence-corrected chi connectivity index (χ3v) is 10.3. The molecule has 8 aromatic carbocycles. The van der Waals surface area contributed by atoms with Crippen LogP contribution in [0.15, 0.2) is 176 Å². The smallest absolute Gasteiger partial charge is 0.0561 e. The maximum atomic E-state index is 2.43. The summed E-state index contributed by atoms with van der Waals surface area (Å²) in [6, 6.07) is 64.4. The Kier molecular flexibility index (Phi) is 8.05. The second kappa shape index (κ2) is 13.2. The molecule has 0 aliphatic carbocycles. The van der Waals surface area contributed by atoms with Crippen LogP contribution in [-0.2, 0) is 0 Å². The summed E-state index contributed by atoms with van der Waals surface area (Å²) in [5, 5.41) is 4.88. The molecule has 0 unspecified atom stereocenters. The van der Waals surface area contributed by atoms with E-state index in [-0.39, 0.29) is 0 Å². The van der Waals surface area contributed by atoms with E-state index < -0.39 is 0 Å². The molecule has 0 aliphatic heterocycles. The highest BCUT2D eigenvalue weighted by Gasteiger charge is 2.19. The highest BCUT2D eigenvalue weighted by atomic mass is 15.1. The van der Waals surface area contributed by atoms with Gasteiger partial charge in [-0.15, -0.1) is 0 Å². The van der Waals surface area contributed by atoms with Gasteiger partial charge in [0.05, 0.1) is 11.0 Å². The maximum Gasteiger partial charge on any atom is 0.0561 e. The number of hydrogen-bond donors (Lipinski definition) is 0. The first-order chi connectivity index (χ1) is 25.9. The summed E-state index contributed by atoms with van der Waals surface area (Å²) in [6.45, 7) is 8.63. The Labute approximate surface area is 311 Å². The molecular weight excluding hydrogens is 643 g/mol. The van der Waals surface area contributed by atoms with Gasteiger partial charge in [0, 0.05) is 50.6 Å². The fourth-order valence-electron chi connectivity index (χ4n) is 7.83. The number of aromatic nitrogens is 1. The number of para-hydroxylation sites is 1. The summed E-state index contributed by atoms with van der Waals surface area (Å²) in [7, 11) is 0. The van der Waals surface area contributed by atoms with Crippen molar-refractivity contribution >= 4 is 66.7 Å². The molecule has 1 aromatic heterocycles. The van der Waals surface area contributed by atoms with E-state index >= 15 is 0 Å². The molecule has 53 heavy (non-hydrogen) atoms. The normalized spacial score (nSPS) is 11.4. The quantitative estimate of drug-likeness (QED) is 0.166. The largest absolute Gasteiger partial charge is 0.310 e. The van der Waals surface area contributed by atoms with E-state index in [9.17, 15) is 0 Å². The molecule has 0 spiro atoms. The molecule has 0 fully saturated rings. The zero-order valence-electron chi connectivity index (χ0n) is 30.6. The average Bonchev–Trinajstić information content (AvgIpc) is 3.47. The monoisotopic (exact) mass is 683 g/mol. The minimum atomic E-state index is 1.12. The number of anilines is 6. The van der Waals surface area contributed by atoms with Crippen molar-refractivity contribution in [2.45, 2.75) is 27.7 Å². The lowest BCUT2D eigenvalue weighted by Crippen LogP contribution is -2.10. The Morgan fingerprint density at radius 2 is 0.774 bits per heavy atom. The molecule has 0 N–H and O–H groups in total. The first kappa shape index (κ1) is 32.3. The maximum absolute atomic E-state index is 2.43. The van der Waals surface area contributed by atoms with Crippen LogP contribution in [0.1, 0.15) is 22.3 Å². The van der Waals surface area contributed by atoms with Crippen LogP contribution < -0.4 is 9.80 Å². The summed E-state index contributed by atoms with van der Waals surface area (Å²) in [4.78, 5) is 4.74. The van der Waals surface area contributed by atoms with Crippen molar-refractivity contribution in [3.05, 3.63) is 198 Å². The van der Waals surface area contributed by atoms with Gasteiger partial charge < -0.3 is 14.4 Å². The third kappa shape index (κ3) is 6.00. The summed E-state index contributed by atoms with van der Waals surface area (Å²) in [5.74, 6) is 0. The van der Waals surface area contributed by atoms with Crippen LogP contribution in [0.4, 0.5) is 34.1 Å². The number of nitrogens with zero attached hydrogens (tertiary/aromatic N) is 3. The predicted octanol–water partition coefficient (Wildman–Crippen LogP) is 14.1. The zero-order valence-corrected chi connectivity index (χ0v) is 30.6. The molecule has 0 radical (unpaired) electrons. The average molecular weight is 684 g/mol. The molecule has 256 valence electrons. The van der Waals surface area contributed by atoms with Crippen molar-refractivity contribution in [1.29, 1.82) is 0 Å². The molecule has 0 atom stereocenters. The molecule has 3 heteroatoms. The number of aryl methyl sites for hydroxylation is 4. The first-order valence-corrected chi connectivity index (χ1v) is 18.3. The molecule has 0 aliphatic rings. The summed E-state index contributed by atoms with van der Waals surface area (Å²) < 4.78 is 2.43. The van der Waals surface area contributed by atoms with Gasteiger partial charge in [-0.1, -0.05) is 78.9 Å². The van der Waals surface area contributed by atoms with Crippen LogP contribution in [0.5, 0.6) is 0 Å². The molecular formula is C50H41N3. The van der Waals surface area contributed by atoms with Crippen LogP contribution in [0.25, 0.3) is 38.3 Å². The molecule has 9 aromatic rings. The van der Waals surface area contributed by atoms with Crippen molar-refractivity contribution in [1.82, 2.24) is 4.57 Å². The van der Waals surface area contributed by atoms with Crippen LogP contribution in [-0.4, -0.2) is 4.57 Å². The van der Waals surface area contributed by atoms with E-state index in [1.54, 1.807) is 0 Å². The van der Waals surface area contributed by atoms with E-state index in [1.807, 2.05) is 0 Å². The Morgan fingerprint density at radius 3 is 1.28 bits per heavy atom. The second-order valence-corrected chi connectivity index (χ2v) is 14.3. The van der Waals surface area contributed by atoms with Crippen LogP contribution in [0.2, 0.25) is 0 Å². The van der Waals surface area contributed by atoms with E-state index in [4.69, 9.17) is 0 Å². The number of rotatable bonds is 7. The van der Waals surface area contributed by atoms with Gasteiger partial charge >= 0.3 is 0 Å². The highest BCUT2D eigenvalue weighted by Crippen LogP contribution is 2.42. The summed E-state index contributed by atoms with van der Waals surface area (Å²) >= 11 is 0. The van der Waals surface area contributed by atoms with Crippen LogP contribution >= 0.6 is 0 Å². The number of hydrogen-bond acceptors (Lipinski definition) is 2. The minimum Gasteiger partial charge on any atom is -0.310 e. The molecule has 3 nitrogen and oxygen atoms in total. The Balaban J connectivity index is 1.27. The first-order valence-electron chi connectivity index (χ1n) is 18.3. The fraction of sp³-hybridized carbons (Fsp3) is 0.0800. The SMILES string of the molecule is Cc1cccc(N(c2cccc(C)c2)c2ccc3cc4c5ccc(N(c6cccc(C)c6)c6cccc(C)c6)cc5n(-c5ccccc5)c4cc3c2)c1. The van der Waals surface area contributed by atoms with Crippen molar-refractivity contribution in [3.63, 3.8) is 0 Å². The Morgan fingerprint density at radius 1 is 0.321 bits per heavy atom. The zero-order chi connectivity index (χ0) is 36.1. The van der Waals surface area contributed by atoms with Crippen molar-refractivity contribution in [2.75, 3.05) is 9.80 Å². The number of benzene rings is 8. The standard InChI is InChI=1S/C50H41N3/c1-34-12-8-18-41(26-34)51(42-19-9-13-35(2)27-42)45-23-22-38-31-48-47-25-24-46(52(43-20-10-14-36(3)28-43)44-21-11-15-37(4)29-44)33-50(47)53(40-16-6-5-7-17-40)49(48)32-39(38)30-45/h5-33H,1-4H3. The Bertz CT molecular complexity index is 2700. The number of fused-ring (bicyclic) bond motifs is 4. The third-order valence-electron chi connectivity index (χ3n) is 10.3. The van der Waals surface area contributed by atoms with Crippen LogP contribution in [0, 0.1) is 27.7 Å². The van der Waals surface area contributed by atoms with Gasteiger partial charge in [-0.2, -0.15) is 0 Å².